The van der Waals surface area contributed by atoms with Crippen LogP contribution in [0.3, 0.4) is 0 Å². The largest absolute Gasteiger partial charge is 0.508 e. The van der Waals surface area contributed by atoms with Crippen molar-refractivity contribution >= 4 is 20.9 Å². The summed E-state index contributed by atoms with van der Waals surface area (Å²) in [4.78, 5) is 0.189. The lowest BCUT2D eigenvalue weighted by Crippen LogP contribution is -2.16. The van der Waals surface area contributed by atoms with Gasteiger partial charge in [-0.1, -0.05) is 36.4 Å². The summed E-state index contributed by atoms with van der Waals surface area (Å²) in [5.41, 5.74) is 2.05. The van der Waals surface area contributed by atoms with Crippen molar-refractivity contribution in [2.75, 3.05) is 0 Å². The summed E-state index contributed by atoms with van der Waals surface area (Å²) in [5, 5.41) is 20.0. The lowest BCUT2D eigenvalue weighted by molar-refractivity contribution is 0.474. The summed E-state index contributed by atoms with van der Waals surface area (Å²) in [6.45, 7) is 0. The van der Waals surface area contributed by atoms with Crippen LogP contribution in [0.15, 0.2) is 83.8 Å². The second-order valence-electron chi connectivity index (χ2n) is 6.41. The maximum Gasteiger partial charge on any atom is 0.268 e. The van der Waals surface area contributed by atoms with Gasteiger partial charge in [0.05, 0.1) is 22.0 Å². The van der Waals surface area contributed by atoms with Crippen LogP contribution in [0.2, 0.25) is 0 Å². The molecule has 5 nitrogen and oxygen atoms in total. The van der Waals surface area contributed by atoms with Crippen LogP contribution in [0.25, 0.3) is 10.9 Å². The van der Waals surface area contributed by atoms with Crippen molar-refractivity contribution in [1.82, 2.24) is 3.97 Å². The van der Waals surface area contributed by atoms with Crippen LogP contribution in [0, 0.1) is 11.3 Å². The number of hydrogen-bond acceptors (Lipinski definition) is 4. The molecule has 0 bridgehead atoms. The molecule has 0 aliphatic heterocycles. The molecule has 0 unspecified atom stereocenters. The number of phenolic OH excluding ortho intramolecular Hbond substituents is 1. The van der Waals surface area contributed by atoms with Crippen LogP contribution in [-0.4, -0.2) is 17.5 Å². The minimum absolute atomic E-state index is 0.0302. The summed E-state index contributed by atoms with van der Waals surface area (Å²) < 4.78 is 28.1. The first-order valence-electron chi connectivity index (χ1n) is 8.62. The van der Waals surface area contributed by atoms with Gasteiger partial charge in [-0.3, -0.25) is 0 Å². The van der Waals surface area contributed by atoms with Gasteiger partial charge in [0.25, 0.3) is 10.0 Å². The van der Waals surface area contributed by atoms with Gasteiger partial charge in [0.15, 0.2) is 0 Å². The van der Waals surface area contributed by atoms with E-state index < -0.39 is 10.0 Å². The van der Waals surface area contributed by atoms with Crippen LogP contribution in [-0.2, 0) is 16.4 Å². The zero-order chi connectivity index (χ0) is 19.7. The molecule has 1 heterocycles. The lowest BCUT2D eigenvalue weighted by Gasteiger charge is -2.13. The Bertz CT molecular complexity index is 1320. The fraction of sp³-hybridized carbons (Fsp3) is 0.0455. The van der Waals surface area contributed by atoms with E-state index in [0.29, 0.717) is 22.3 Å². The van der Waals surface area contributed by atoms with E-state index in [-0.39, 0.29) is 17.1 Å². The molecule has 0 aliphatic rings. The van der Waals surface area contributed by atoms with Crippen LogP contribution in [0.5, 0.6) is 5.75 Å². The van der Waals surface area contributed by atoms with Gasteiger partial charge in [0.1, 0.15) is 5.75 Å². The molecule has 6 heteroatoms. The summed E-state index contributed by atoms with van der Waals surface area (Å²) >= 11 is 0. The van der Waals surface area contributed by atoms with Gasteiger partial charge in [-0.2, -0.15) is 5.26 Å². The molecule has 0 aliphatic carbocycles. The SMILES string of the molecule is N#Cc1ccc(O)cc1Cc1cc2ccccc2n1S(=O)(=O)c1ccccc1. The first-order valence-corrected chi connectivity index (χ1v) is 10.1. The molecular weight excluding hydrogens is 372 g/mol. The highest BCUT2D eigenvalue weighted by Gasteiger charge is 2.23. The predicted octanol–water partition coefficient (Wildman–Crippen LogP) is 4.05. The van der Waals surface area contributed by atoms with Gasteiger partial charge in [0, 0.05) is 17.5 Å². The van der Waals surface area contributed by atoms with E-state index in [0.717, 1.165) is 5.39 Å². The number of nitriles is 1. The molecule has 3 aromatic carbocycles. The van der Waals surface area contributed by atoms with E-state index in [2.05, 4.69) is 6.07 Å². The van der Waals surface area contributed by atoms with E-state index in [1.807, 2.05) is 12.1 Å². The molecule has 4 aromatic rings. The second kappa shape index (κ2) is 6.87. The van der Waals surface area contributed by atoms with Crippen molar-refractivity contribution in [3.8, 4) is 11.8 Å². The Morgan fingerprint density at radius 1 is 0.929 bits per heavy atom. The number of rotatable bonds is 4. The number of fused-ring (bicyclic) bond motifs is 1. The molecule has 0 atom stereocenters. The van der Waals surface area contributed by atoms with E-state index in [4.69, 9.17) is 0 Å². The Morgan fingerprint density at radius 3 is 2.39 bits per heavy atom. The van der Waals surface area contributed by atoms with Crippen molar-refractivity contribution in [2.24, 2.45) is 0 Å². The van der Waals surface area contributed by atoms with Crippen molar-refractivity contribution < 1.29 is 13.5 Å². The van der Waals surface area contributed by atoms with E-state index in [1.54, 1.807) is 48.5 Å². The topological polar surface area (TPSA) is 83.1 Å². The molecular formula is C22H16N2O3S. The summed E-state index contributed by atoms with van der Waals surface area (Å²) in [7, 11) is -3.83. The smallest absolute Gasteiger partial charge is 0.268 e. The highest BCUT2D eigenvalue weighted by molar-refractivity contribution is 7.90. The third-order valence-electron chi connectivity index (χ3n) is 4.60. The first-order chi connectivity index (χ1) is 13.5. The molecule has 0 radical (unpaired) electrons. The van der Waals surface area contributed by atoms with Gasteiger partial charge in [-0.05, 0) is 48.0 Å². The number of para-hydroxylation sites is 1. The number of phenols is 1. The third-order valence-corrected chi connectivity index (χ3v) is 6.38. The molecule has 0 spiro atoms. The molecule has 1 N–H and O–H groups in total. The zero-order valence-corrected chi connectivity index (χ0v) is 15.6. The standard InChI is InChI=1S/C22H16N2O3S/c23-15-17-10-11-20(25)14-18(17)13-19-12-16-6-4-5-9-22(16)24(19)28(26,27)21-7-2-1-3-8-21/h1-12,14,25H,13H2. The quantitative estimate of drug-likeness (QED) is 0.572. The number of aromatic hydroxyl groups is 1. The van der Waals surface area contributed by atoms with Gasteiger partial charge < -0.3 is 5.11 Å². The normalized spacial score (nSPS) is 11.4. The van der Waals surface area contributed by atoms with E-state index >= 15 is 0 Å². The molecule has 0 saturated heterocycles. The second-order valence-corrected chi connectivity index (χ2v) is 8.19. The Morgan fingerprint density at radius 2 is 1.64 bits per heavy atom. The Balaban J connectivity index is 1.95. The number of aromatic nitrogens is 1. The van der Waals surface area contributed by atoms with Crippen molar-refractivity contribution in [3.05, 3.63) is 95.7 Å². The maximum atomic E-state index is 13.4. The Kier molecular flexibility index (Phi) is 4.38. The molecule has 0 fully saturated rings. The van der Waals surface area contributed by atoms with Crippen molar-refractivity contribution in [2.45, 2.75) is 11.3 Å². The van der Waals surface area contributed by atoms with Crippen LogP contribution >= 0.6 is 0 Å². The summed E-state index contributed by atoms with van der Waals surface area (Å²) in [6, 6.07) is 23.9. The Labute approximate surface area is 162 Å². The number of hydrogen-bond donors (Lipinski definition) is 1. The van der Waals surface area contributed by atoms with E-state index in [1.165, 1.54) is 22.2 Å². The molecule has 0 saturated carbocycles. The average molecular weight is 388 g/mol. The van der Waals surface area contributed by atoms with Gasteiger partial charge in [0.2, 0.25) is 0 Å². The fourth-order valence-electron chi connectivity index (χ4n) is 3.32. The highest BCUT2D eigenvalue weighted by atomic mass is 32.2. The lowest BCUT2D eigenvalue weighted by atomic mass is 10.0. The molecule has 4 rings (SSSR count). The number of nitrogens with zero attached hydrogens (tertiary/aromatic N) is 2. The summed E-state index contributed by atoms with van der Waals surface area (Å²) in [5.74, 6) is 0.0302. The third kappa shape index (κ3) is 3.02. The minimum atomic E-state index is -3.83. The zero-order valence-electron chi connectivity index (χ0n) is 14.8. The molecule has 138 valence electrons. The van der Waals surface area contributed by atoms with Crippen LogP contribution < -0.4 is 0 Å². The minimum Gasteiger partial charge on any atom is -0.508 e. The van der Waals surface area contributed by atoms with Gasteiger partial charge >= 0.3 is 0 Å². The van der Waals surface area contributed by atoms with E-state index in [9.17, 15) is 18.8 Å². The predicted molar refractivity (Wildman–Crippen MR) is 107 cm³/mol. The highest BCUT2D eigenvalue weighted by Crippen LogP contribution is 2.28. The Hall–Kier alpha value is -3.56. The summed E-state index contributed by atoms with van der Waals surface area (Å²) in [6.07, 6.45) is 0.192. The van der Waals surface area contributed by atoms with Crippen molar-refractivity contribution in [3.63, 3.8) is 0 Å². The fourth-order valence-corrected chi connectivity index (χ4v) is 4.89. The molecule has 28 heavy (non-hydrogen) atoms. The molecule has 1 aromatic heterocycles. The van der Waals surface area contributed by atoms with Crippen molar-refractivity contribution in [1.29, 1.82) is 5.26 Å². The van der Waals surface area contributed by atoms with Gasteiger partial charge in [-0.15, -0.1) is 0 Å². The molecule has 0 amide bonds. The monoisotopic (exact) mass is 388 g/mol. The van der Waals surface area contributed by atoms with Gasteiger partial charge in [-0.25, -0.2) is 12.4 Å². The average Bonchev–Trinajstić information content (AvgIpc) is 3.07. The van der Waals surface area contributed by atoms with Crippen LogP contribution in [0.4, 0.5) is 0 Å². The van der Waals surface area contributed by atoms with Crippen LogP contribution in [0.1, 0.15) is 16.8 Å². The maximum absolute atomic E-state index is 13.4. The first kappa shape index (κ1) is 17.8. The number of benzene rings is 3.